The van der Waals surface area contributed by atoms with Crippen LogP contribution in [0.25, 0.3) is 6.08 Å². The summed E-state index contributed by atoms with van der Waals surface area (Å²) < 4.78 is 5.65. The van der Waals surface area contributed by atoms with E-state index in [1.165, 1.54) is 11.3 Å². The van der Waals surface area contributed by atoms with Crippen molar-refractivity contribution in [3.8, 4) is 0 Å². The van der Waals surface area contributed by atoms with Gasteiger partial charge in [0.15, 0.2) is 0 Å². The molecule has 1 aliphatic heterocycles. The molecule has 2 rings (SSSR count). The first-order valence-electron chi connectivity index (χ1n) is 7.26. The van der Waals surface area contributed by atoms with Crippen molar-refractivity contribution in [2.24, 2.45) is 0 Å². The summed E-state index contributed by atoms with van der Waals surface area (Å²) in [5.74, 6) is 0.0281. The molecule has 0 aromatic carbocycles. The minimum atomic E-state index is 0.0281. The maximum Gasteiger partial charge on any atom is 0.246 e. The third-order valence-electron chi connectivity index (χ3n) is 3.42. The van der Waals surface area contributed by atoms with Gasteiger partial charge in [-0.1, -0.05) is 0 Å². The number of hydrogen-bond donors (Lipinski definition) is 0. The van der Waals surface area contributed by atoms with Crippen LogP contribution < -0.4 is 0 Å². The standard InChI is InChI=1S/C15H23N3O2S/c1-17(2)7-8-18(10-14-4-3-9-20-14)15(19)6-5-13-11-21-12-16-13/h5-6,11-12,14H,3-4,7-10H2,1-2H3/b6-5+. The zero-order chi connectivity index (χ0) is 15.1. The summed E-state index contributed by atoms with van der Waals surface area (Å²) in [4.78, 5) is 20.5. The second-order valence-corrected chi connectivity index (χ2v) is 6.19. The summed E-state index contributed by atoms with van der Waals surface area (Å²) in [6.07, 6.45) is 5.71. The molecule has 0 spiro atoms. The van der Waals surface area contributed by atoms with E-state index in [4.69, 9.17) is 4.74 Å². The molecule has 0 radical (unpaired) electrons. The summed E-state index contributed by atoms with van der Waals surface area (Å²) in [7, 11) is 4.03. The summed E-state index contributed by atoms with van der Waals surface area (Å²) in [5.41, 5.74) is 2.60. The van der Waals surface area contributed by atoms with E-state index in [0.717, 1.165) is 31.7 Å². The normalized spacial score (nSPS) is 18.7. The molecule has 0 N–H and O–H groups in total. The van der Waals surface area contributed by atoms with Gasteiger partial charge in [0.1, 0.15) is 0 Å². The molecule has 5 nitrogen and oxygen atoms in total. The predicted octanol–water partition coefficient (Wildman–Crippen LogP) is 1.73. The highest BCUT2D eigenvalue weighted by molar-refractivity contribution is 7.07. The summed E-state index contributed by atoms with van der Waals surface area (Å²) in [6.45, 7) is 3.05. The fourth-order valence-corrected chi connectivity index (χ4v) is 2.73. The molecule has 116 valence electrons. The van der Waals surface area contributed by atoms with Crippen LogP contribution in [0.3, 0.4) is 0 Å². The molecule has 0 saturated carbocycles. The van der Waals surface area contributed by atoms with Gasteiger partial charge in [0, 0.05) is 37.7 Å². The Morgan fingerprint density at radius 1 is 1.52 bits per heavy atom. The van der Waals surface area contributed by atoms with Crippen molar-refractivity contribution in [2.75, 3.05) is 40.3 Å². The molecule has 1 amide bonds. The van der Waals surface area contributed by atoms with Crippen LogP contribution in [0.15, 0.2) is 17.0 Å². The van der Waals surface area contributed by atoms with Gasteiger partial charge in [0.25, 0.3) is 0 Å². The van der Waals surface area contributed by atoms with E-state index in [9.17, 15) is 4.79 Å². The molecule has 1 fully saturated rings. The second kappa shape index (κ2) is 8.26. The van der Waals surface area contributed by atoms with Crippen LogP contribution in [0.1, 0.15) is 18.5 Å². The van der Waals surface area contributed by atoms with Crippen LogP contribution in [-0.4, -0.2) is 67.1 Å². The van der Waals surface area contributed by atoms with Gasteiger partial charge in [-0.25, -0.2) is 4.98 Å². The van der Waals surface area contributed by atoms with Gasteiger partial charge in [0.2, 0.25) is 5.91 Å². The number of amides is 1. The van der Waals surface area contributed by atoms with Gasteiger partial charge in [0.05, 0.1) is 17.3 Å². The van der Waals surface area contributed by atoms with Crippen molar-refractivity contribution < 1.29 is 9.53 Å². The topological polar surface area (TPSA) is 45.7 Å². The number of likely N-dealkylation sites (N-methyl/N-ethyl adjacent to an activating group) is 1. The first-order valence-corrected chi connectivity index (χ1v) is 8.21. The van der Waals surface area contributed by atoms with E-state index in [2.05, 4.69) is 9.88 Å². The van der Waals surface area contributed by atoms with E-state index in [0.29, 0.717) is 13.1 Å². The lowest BCUT2D eigenvalue weighted by Crippen LogP contribution is -2.40. The number of hydrogen-bond acceptors (Lipinski definition) is 5. The molecule has 0 bridgehead atoms. The highest BCUT2D eigenvalue weighted by Crippen LogP contribution is 2.14. The van der Waals surface area contributed by atoms with E-state index < -0.39 is 0 Å². The highest BCUT2D eigenvalue weighted by Gasteiger charge is 2.21. The number of carbonyl (C=O) groups is 1. The highest BCUT2D eigenvalue weighted by atomic mass is 32.1. The number of carbonyl (C=O) groups excluding carboxylic acids is 1. The molecular weight excluding hydrogens is 286 g/mol. The first kappa shape index (κ1) is 16.1. The Kier molecular flexibility index (Phi) is 6.35. The molecule has 2 heterocycles. The quantitative estimate of drug-likeness (QED) is 0.720. The van der Waals surface area contributed by atoms with Gasteiger partial charge in [-0.15, -0.1) is 11.3 Å². The van der Waals surface area contributed by atoms with Crippen molar-refractivity contribution in [3.63, 3.8) is 0 Å². The van der Waals surface area contributed by atoms with Gasteiger partial charge in [-0.2, -0.15) is 0 Å². The lowest BCUT2D eigenvalue weighted by molar-refractivity contribution is -0.127. The Labute approximate surface area is 130 Å². The number of thiazole rings is 1. The minimum Gasteiger partial charge on any atom is -0.376 e. The van der Waals surface area contributed by atoms with Crippen molar-refractivity contribution in [1.82, 2.24) is 14.8 Å². The first-order chi connectivity index (χ1) is 10.1. The fourth-order valence-electron chi connectivity index (χ4n) is 2.21. The summed E-state index contributed by atoms with van der Waals surface area (Å²) in [5, 5.41) is 1.92. The molecule has 1 atom stereocenters. The number of aromatic nitrogens is 1. The largest absolute Gasteiger partial charge is 0.376 e. The van der Waals surface area contributed by atoms with E-state index >= 15 is 0 Å². The molecule has 1 aromatic heterocycles. The monoisotopic (exact) mass is 309 g/mol. The maximum atomic E-state index is 12.4. The van der Waals surface area contributed by atoms with Crippen molar-refractivity contribution in [2.45, 2.75) is 18.9 Å². The van der Waals surface area contributed by atoms with Crippen molar-refractivity contribution in [1.29, 1.82) is 0 Å². The van der Waals surface area contributed by atoms with Crippen LogP contribution >= 0.6 is 11.3 Å². The molecule has 1 saturated heterocycles. The average molecular weight is 309 g/mol. The third kappa shape index (κ3) is 5.57. The van der Waals surface area contributed by atoms with Crippen LogP contribution in [0.2, 0.25) is 0 Å². The average Bonchev–Trinajstić information content (AvgIpc) is 3.13. The minimum absolute atomic E-state index is 0.0281. The second-order valence-electron chi connectivity index (χ2n) is 5.47. The molecule has 0 aliphatic carbocycles. The zero-order valence-corrected chi connectivity index (χ0v) is 13.5. The van der Waals surface area contributed by atoms with Crippen LogP contribution in [0.4, 0.5) is 0 Å². The Bertz CT molecular complexity index is 453. The van der Waals surface area contributed by atoms with Gasteiger partial charge in [-0.3, -0.25) is 4.79 Å². The number of nitrogens with zero attached hydrogens (tertiary/aromatic N) is 3. The molecular formula is C15H23N3O2S. The van der Waals surface area contributed by atoms with Gasteiger partial charge >= 0.3 is 0 Å². The summed E-state index contributed by atoms with van der Waals surface area (Å²) in [6, 6.07) is 0. The molecule has 6 heteroatoms. The predicted molar refractivity (Wildman–Crippen MR) is 85.3 cm³/mol. The SMILES string of the molecule is CN(C)CCN(CC1CCCO1)C(=O)/C=C/c1cscn1. The van der Waals surface area contributed by atoms with Crippen molar-refractivity contribution in [3.05, 3.63) is 22.7 Å². The Hall–Kier alpha value is -1.24. The summed E-state index contributed by atoms with van der Waals surface area (Å²) >= 11 is 1.53. The molecule has 21 heavy (non-hydrogen) atoms. The Morgan fingerprint density at radius 3 is 3.00 bits per heavy atom. The Morgan fingerprint density at radius 2 is 2.38 bits per heavy atom. The number of ether oxygens (including phenoxy) is 1. The molecule has 1 aromatic rings. The lowest BCUT2D eigenvalue weighted by Gasteiger charge is -2.25. The lowest BCUT2D eigenvalue weighted by atomic mass is 10.2. The zero-order valence-electron chi connectivity index (χ0n) is 12.7. The van der Waals surface area contributed by atoms with Gasteiger partial charge < -0.3 is 14.5 Å². The maximum absolute atomic E-state index is 12.4. The molecule has 1 unspecified atom stereocenters. The number of rotatable bonds is 7. The van der Waals surface area contributed by atoms with Crippen LogP contribution in [0, 0.1) is 0 Å². The van der Waals surface area contributed by atoms with E-state index in [-0.39, 0.29) is 12.0 Å². The van der Waals surface area contributed by atoms with Gasteiger partial charge in [-0.05, 0) is 33.0 Å². The van der Waals surface area contributed by atoms with E-state index in [1.807, 2.05) is 24.4 Å². The fraction of sp³-hybridized carbons (Fsp3) is 0.600. The van der Waals surface area contributed by atoms with E-state index in [1.54, 1.807) is 17.7 Å². The Balaban J connectivity index is 1.93. The molecule has 1 aliphatic rings. The third-order valence-corrected chi connectivity index (χ3v) is 4.03. The van der Waals surface area contributed by atoms with Crippen molar-refractivity contribution >= 4 is 23.3 Å². The van der Waals surface area contributed by atoms with Crippen LogP contribution in [0.5, 0.6) is 0 Å². The van der Waals surface area contributed by atoms with Crippen LogP contribution in [-0.2, 0) is 9.53 Å². The smallest absolute Gasteiger partial charge is 0.246 e.